The molecule has 1 atom stereocenters. The van der Waals surface area contributed by atoms with Crippen LogP contribution in [0.5, 0.6) is 0 Å². The first-order chi connectivity index (χ1) is 10.3. The van der Waals surface area contributed by atoms with Gasteiger partial charge >= 0.3 is 5.69 Å². The summed E-state index contributed by atoms with van der Waals surface area (Å²) in [7, 11) is 0. The van der Waals surface area contributed by atoms with E-state index in [9.17, 15) is 14.9 Å². The molecule has 1 unspecified atom stereocenters. The summed E-state index contributed by atoms with van der Waals surface area (Å²) in [5.41, 5.74) is 1.62. The van der Waals surface area contributed by atoms with Crippen molar-refractivity contribution in [2.24, 2.45) is 0 Å². The van der Waals surface area contributed by atoms with Crippen LogP contribution in [0.4, 0.5) is 11.4 Å². The Balaban J connectivity index is 2.20. The second kappa shape index (κ2) is 6.15. The summed E-state index contributed by atoms with van der Waals surface area (Å²) >= 11 is 5.91. The van der Waals surface area contributed by atoms with Gasteiger partial charge in [-0.25, -0.2) is 0 Å². The number of nitrogens with one attached hydrogen (secondary N) is 1. The number of carbonyl (C=O) groups excluding carboxylic acids is 1. The SMILES string of the molecule is Cc1ccc(Cl)cc1NC(=O)C(C)n1cc([N+](=O)[O-])c(C)n1. The quantitative estimate of drug-likeness (QED) is 0.691. The molecule has 0 radical (unpaired) electrons. The lowest BCUT2D eigenvalue weighted by molar-refractivity contribution is -0.385. The van der Waals surface area contributed by atoms with Crippen molar-refractivity contribution in [1.29, 1.82) is 0 Å². The van der Waals surface area contributed by atoms with Gasteiger partial charge in [-0.05, 0) is 38.5 Å². The Hall–Kier alpha value is -2.41. The van der Waals surface area contributed by atoms with Gasteiger partial charge in [0.05, 0.1) is 4.92 Å². The van der Waals surface area contributed by atoms with Gasteiger partial charge in [0.15, 0.2) is 0 Å². The van der Waals surface area contributed by atoms with Gasteiger partial charge in [0.25, 0.3) is 0 Å². The molecule has 1 N–H and O–H groups in total. The number of aromatic nitrogens is 2. The lowest BCUT2D eigenvalue weighted by Gasteiger charge is -2.14. The fourth-order valence-corrected chi connectivity index (χ4v) is 2.11. The first kappa shape index (κ1) is 16.0. The fourth-order valence-electron chi connectivity index (χ4n) is 1.94. The van der Waals surface area contributed by atoms with Gasteiger partial charge < -0.3 is 5.32 Å². The predicted octanol–water partition coefficient (Wildman–Crippen LogP) is 3.26. The molecule has 0 bridgehead atoms. The van der Waals surface area contributed by atoms with Gasteiger partial charge in [0, 0.05) is 10.7 Å². The van der Waals surface area contributed by atoms with Crippen LogP contribution in [-0.4, -0.2) is 20.6 Å². The number of nitro groups is 1. The number of amides is 1. The number of anilines is 1. The molecule has 0 saturated carbocycles. The second-order valence-electron chi connectivity index (χ2n) is 4.96. The monoisotopic (exact) mass is 322 g/mol. The maximum Gasteiger partial charge on any atom is 0.309 e. The minimum atomic E-state index is -0.689. The molecule has 1 aromatic heterocycles. The Labute approximate surface area is 132 Å². The van der Waals surface area contributed by atoms with E-state index in [0.29, 0.717) is 10.7 Å². The smallest absolute Gasteiger partial charge is 0.309 e. The van der Waals surface area contributed by atoms with Crippen LogP contribution in [0, 0.1) is 24.0 Å². The van der Waals surface area contributed by atoms with Crippen molar-refractivity contribution in [3.63, 3.8) is 0 Å². The van der Waals surface area contributed by atoms with Crippen LogP contribution in [0.3, 0.4) is 0 Å². The fraction of sp³-hybridized carbons (Fsp3) is 0.286. The maximum absolute atomic E-state index is 12.3. The van der Waals surface area contributed by atoms with Crippen LogP contribution in [0.1, 0.15) is 24.2 Å². The van der Waals surface area contributed by atoms with Crippen LogP contribution in [0.15, 0.2) is 24.4 Å². The molecule has 116 valence electrons. The minimum Gasteiger partial charge on any atom is -0.324 e. The van der Waals surface area contributed by atoms with Crippen molar-refractivity contribution in [2.45, 2.75) is 26.8 Å². The molecule has 1 aromatic carbocycles. The molecule has 0 saturated heterocycles. The molecule has 2 rings (SSSR count). The van der Waals surface area contributed by atoms with Crippen LogP contribution in [0.2, 0.25) is 5.02 Å². The lowest BCUT2D eigenvalue weighted by Crippen LogP contribution is -2.24. The van der Waals surface area contributed by atoms with Crippen LogP contribution in [-0.2, 0) is 4.79 Å². The van der Waals surface area contributed by atoms with E-state index in [1.54, 1.807) is 25.1 Å². The van der Waals surface area contributed by atoms with Crippen molar-refractivity contribution < 1.29 is 9.72 Å². The highest BCUT2D eigenvalue weighted by Crippen LogP contribution is 2.22. The van der Waals surface area contributed by atoms with Gasteiger partial charge in [-0.1, -0.05) is 17.7 Å². The molecule has 0 aliphatic heterocycles. The summed E-state index contributed by atoms with van der Waals surface area (Å²) in [6.07, 6.45) is 1.25. The van der Waals surface area contributed by atoms with E-state index in [0.717, 1.165) is 5.56 Å². The molecule has 8 heteroatoms. The molecule has 0 spiro atoms. The first-order valence-electron chi connectivity index (χ1n) is 6.56. The molecular weight excluding hydrogens is 308 g/mol. The Morgan fingerprint density at radius 1 is 1.45 bits per heavy atom. The number of hydrogen-bond donors (Lipinski definition) is 1. The van der Waals surface area contributed by atoms with Crippen LogP contribution >= 0.6 is 11.6 Å². The van der Waals surface area contributed by atoms with Crippen molar-refractivity contribution in [1.82, 2.24) is 9.78 Å². The third kappa shape index (κ3) is 3.25. The second-order valence-corrected chi connectivity index (χ2v) is 5.40. The summed E-state index contributed by atoms with van der Waals surface area (Å²) in [4.78, 5) is 22.6. The molecule has 0 aliphatic rings. The average molecular weight is 323 g/mol. The van der Waals surface area contributed by atoms with Gasteiger partial charge in [0.2, 0.25) is 5.91 Å². The van der Waals surface area contributed by atoms with Crippen molar-refractivity contribution in [2.75, 3.05) is 5.32 Å². The Morgan fingerprint density at radius 3 is 2.73 bits per heavy atom. The molecule has 0 aliphatic carbocycles. The molecule has 1 amide bonds. The van der Waals surface area contributed by atoms with E-state index in [-0.39, 0.29) is 17.3 Å². The molecular formula is C14H15ClN4O3. The number of nitrogens with zero attached hydrogens (tertiary/aromatic N) is 3. The summed E-state index contributed by atoms with van der Waals surface area (Å²) in [6, 6.07) is 4.49. The Morgan fingerprint density at radius 2 is 2.14 bits per heavy atom. The lowest BCUT2D eigenvalue weighted by atomic mass is 10.2. The van der Waals surface area contributed by atoms with Crippen LogP contribution in [0.25, 0.3) is 0 Å². The highest BCUT2D eigenvalue weighted by molar-refractivity contribution is 6.31. The maximum atomic E-state index is 12.3. The van der Waals surface area contributed by atoms with Gasteiger partial charge in [-0.15, -0.1) is 0 Å². The first-order valence-corrected chi connectivity index (χ1v) is 6.94. The van der Waals surface area contributed by atoms with Gasteiger partial charge in [-0.3, -0.25) is 19.6 Å². The van der Waals surface area contributed by atoms with Crippen molar-refractivity contribution >= 4 is 28.9 Å². The number of hydrogen-bond acceptors (Lipinski definition) is 4. The number of carbonyl (C=O) groups is 1. The minimum absolute atomic E-state index is 0.112. The predicted molar refractivity (Wildman–Crippen MR) is 83.1 cm³/mol. The number of benzene rings is 1. The van der Waals surface area contributed by atoms with E-state index in [4.69, 9.17) is 11.6 Å². The number of rotatable bonds is 4. The van der Waals surface area contributed by atoms with Crippen LogP contribution < -0.4 is 5.32 Å². The topological polar surface area (TPSA) is 90.1 Å². The zero-order valence-corrected chi connectivity index (χ0v) is 13.1. The molecule has 22 heavy (non-hydrogen) atoms. The van der Waals surface area contributed by atoms with E-state index >= 15 is 0 Å². The van der Waals surface area contributed by atoms with E-state index in [1.165, 1.54) is 17.8 Å². The standard InChI is InChI=1S/C14H15ClN4O3/c1-8-4-5-11(15)6-12(8)16-14(20)10(3)18-7-13(19(21)22)9(2)17-18/h4-7,10H,1-3H3,(H,16,20). The summed E-state index contributed by atoms with van der Waals surface area (Å²) in [5, 5.41) is 18.1. The average Bonchev–Trinajstić information content (AvgIpc) is 2.84. The summed E-state index contributed by atoms with van der Waals surface area (Å²) in [5.74, 6) is -0.331. The zero-order chi connectivity index (χ0) is 16.4. The molecule has 7 nitrogen and oxygen atoms in total. The largest absolute Gasteiger partial charge is 0.324 e. The Kier molecular flexibility index (Phi) is 4.46. The normalized spacial score (nSPS) is 12.0. The highest BCUT2D eigenvalue weighted by atomic mass is 35.5. The summed E-state index contributed by atoms with van der Waals surface area (Å²) < 4.78 is 1.28. The third-order valence-electron chi connectivity index (χ3n) is 3.32. The van der Waals surface area contributed by atoms with Gasteiger partial charge in [0.1, 0.15) is 17.9 Å². The van der Waals surface area contributed by atoms with Crippen molar-refractivity contribution in [3.8, 4) is 0 Å². The Bertz CT molecular complexity index is 742. The molecule has 0 fully saturated rings. The number of halogens is 1. The highest BCUT2D eigenvalue weighted by Gasteiger charge is 2.22. The number of aryl methyl sites for hydroxylation is 2. The van der Waals surface area contributed by atoms with Gasteiger partial charge in [-0.2, -0.15) is 5.10 Å². The molecule has 2 aromatic rings. The van der Waals surface area contributed by atoms with E-state index < -0.39 is 11.0 Å². The van der Waals surface area contributed by atoms with E-state index in [2.05, 4.69) is 10.4 Å². The molecule has 1 heterocycles. The van der Waals surface area contributed by atoms with E-state index in [1.807, 2.05) is 6.92 Å². The zero-order valence-electron chi connectivity index (χ0n) is 12.3. The summed E-state index contributed by atoms with van der Waals surface area (Å²) in [6.45, 7) is 4.99. The third-order valence-corrected chi connectivity index (χ3v) is 3.56. The van der Waals surface area contributed by atoms with Crippen molar-refractivity contribution in [3.05, 3.63) is 50.8 Å².